The molecule has 1 aliphatic heterocycles. The van der Waals surface area contributed by atoms with Gasteiger partial charge in [-0.2, -0.15) is 0 Å². The van der Waals surface area contributed by atoms with Crippen molar-refractivity contribution in [3.63, 3.8) is 0 Å². The van der Waals surface area contributed by atoms with Crippen LogP contribution < -0.4 is 0 Å². The van der Waals surface area contributed by atoms with Crippen molar-refractivity contribution in [2.75, 3.05) is 6.54 Å². The molecule has 0 amide bonds. The van der Waals surface area contributed by atoms with Crippen LogP contribution in [0.15, 0.2) is 9.98 Å². The van der Waals surface area contributed by atoms with Crippen molar-refractivity contribution in [2.45, 2.75) is 20.3 Å². The number of nitrogens with zero attached hydrogens (tertiary/aromatic N) is 2. The topological polar surface area (TPSA) is 24.7 Å². The molecule has 1 aliphatic rings. The van der Waals surface area contributed by atoms with Crippen LogP contribution in [0.2, 0.25) is 0 Å². The van der Waals surface area contributed by atoms with Gasteiger partial charge in [0.05, 0.1) is 6.54 Å². The highest BCUT2D eigenvalue weighted by Gasteiger charge is 2.19. The van der Waals surface area contributed by atoms with Crippen molar-refractivity contribution in [1.29, 1.82) is 0 Å². The number of aliphatic imine (C=N–C) groups is 2. The molecule has 1 unspecified atom stereocenters. The lowest BCUT2D eigenvalue weighted by atomic mass is 9.89. The van der Waals surface area contributed by atoms with Crippen LogP contribution in [0.4, 0.5) is 0 Å². The predicted molar refractivity (Wildman–Crippen MR) is 40.2 cm³/mol. The summed E-state index contributed by atoms with van der Waals surface area (Å²) in [4.78, 5) is 8.06. The van der Waals surface area contributed by atoms with E-state index in [-0.39, 0.29) is 5.41 Å². The SMILES string of the molecule is CCC1(C)C=NC=NC1. The van der Waals surface area contributed by atoms with Gasteiger partial charge in [-0.05, 0) is 6.42 Å². The van der Waals surface area contributed by atoms with Crippen molar-refractivity contribution in [3.8, 4) is 0 Å². The number of rotatable bonds is 1. The van der Waals surface area contributed by atoms with E-state index in [9.17, 15) is 0 Å². The normalized spacial score (nSPS) is 33.1. The molecule has 1 heterocycles. The lowest BCUT2D eigenvalue weighted by Gasteiger charge is -2.21. The van der Waals surface area contributed by atoms with Crippen molar-refractivity contribution >= 4 is 12.6 Å². The van der Waals surface area contributed by atoms with E-state index in [1.807, 2.05) is 6.21 Å². The Balaban J connectivity index is 2.63. The molecule has 1 atom stereocenters. The molecule has 0 N–H and O–H groups in total. The summed E-state index contributed by atoms with van der Waals surface area (Å²) in [5.74, 6) is 0. The third kappa shape index (κ3) is 1.37. The molecule has 0 fully saturated rings. The average Bonchev–Trinajstić information content (AvgIpc) is 1.90. The Bertz CT molecular complexity index is 149. The van der Waals surface area contributed by atoms with Gasteiger partial charge in [-0.1, -0.05) is 13.8 Å². The van der Waals surface area contributed by atoms with E-state index in [0.29, 0.717) is 0 Å². The Labute approximate surface area is 55.7 Å². The molecule has 0 saturated carbocycles. The summed E-state index contributed by atoms with van der Waals surface area (Å²) in [5, 5.41) is 0. The van der Waals surface area contributed by atoms with Gasteiger partial charge < -0.3 is 0 Å². The maximum Gasteiger partial charge on any atom is 0.109 e. The minimum absolute atomic E-state index is 0.231. The van der Waals surface area contributed by atoms with Crippen LogP contribution in [0.5, 0.6) is 0 Å². The second-order valence-corrected chi connectivity index (χ2v) is 2.74. The smallest absolute Gasteiger partial charge is 0.109 e. The van der Waals surface area contributed by atoms with Gasteiger partial charge in [0.15, 0.2) is 0 Å². The standard InChI is InChI=1S/C7H12N2/c1-3-7(2)4-8-6-9-5-7/h4,6H,3,5H2,1-2H3. The molecule has 2 heteroatoms. The molecule has 0 radical (unpaired) electrons. The number of hydrogen-bond donors (Lipinski definition) is 0. The van der Waals surface area contributed by atoms with Crippen LogP contribution in [0, 0.1) is 5.41 Å². The van der Waals surface area contributed by atoms with E-state index >= 15 is 0 Å². The zero-order chi connectivity index (χ0) is 6.74. The van der Waals surface area contributed by atoms with Crippen molar-refractivity contribution < 1.29 is 0 Å². The fraction of sp³-hybridized carbons (Fsp3) is 0.714. The Morgan fingerprint density at radius 1 is 1.67 bits per heavy atom. The summed E-state index contributed by atoms with van der Waals surface area (Å²) in [6.45, 7) is 5.23. The zero-order valence-corrected chi connectivity index (χ0v) is 5.96. The molecule has 2 nitrogen and oxygen atoms in total. The van der Waals surface area contributed by atoms with E-state index in [4.69, 9.17) is 0 Å². The number of hydrogen-bond acceptors (Lipinski definition) is 2. The molecule has 9 heavy (non-hydrogen) atoms. The highest BCUT2D eigenvalue weighted by atomic mass is 14.9. The first-order chi connectivity index (χ1) is 4.27. The summed E-state index contributed by atoms with van der Waals surface area (Å²) in [6, 6.07) is 0. The zero-order valence-electron chi connectivity index (χ0n) is 5.96. The molecule has 0 bridgehead atoms. The van der Waals surface area contributed by atoms with Crippen LogP contribution in [0.3, 0.4) is 0 Å². The molecule has 0 spiro atoms. The second kappa shape index (κ2) is 2.29. The van der Waals surface area contributed by atoms with E-state index < -0.39 is 0 Å². The van der Waals surface area contributed by atoms with E-state index in [1.165, 1.54) is 0 Å². The Morgan fingerprint density at radius 2 is 2.44 bits per heavy atom. The Hall–Kier alpha value is -0.660. The van der Waals surface area contributed by atoms with Crippen molar-refractivity contribution in [3.05, 3.63) is 0 Å². The van der Waals surface area contributed by atoms with Crippen LogP contribution in [-0.2, 0) is 0 Å². The highest BCUT2D eigenvalue weighted by Crippen LogP contribution is 2.19. The highest BCUT2D eigenvalue weighted by molar-refractivity contribution is 5.78. The quantitative estimate of drug-likeness (QED) is 0.506. The first kappa shape index (κ1) is 6.46. The average molecular weight is 124 g/mol. The molecule has 50 valence electrons. The van der Waals surface area contributed by atoms with E-state index in [2.05, 4.69) is 23.8 Å². The summed E-state index contributed by atoms with van der Waals surface area (Å²) < 4.78 is 0. The third-order valence-corrected chi connectivity index (χ3v) is 1.79. The largest absolute Gasteiger partial charge is 0.273 e. The van der Waals surface area contributed by atoms with Crippen LogP contribution in [-0.4, -0.2) is 19.1 Å². The third-order valence-electron chi connectivity index (χ3n) is 1.79. The molecular formula is C7H12N2. The monoisotopic (exact) mass is 124 g/mol. The Morgan fingerprint density at radius 3 is 2.78 bits per heavy atom. The molecule has 0 saturated heterocycles. The molecule has 0 aromatic heterocycles. The molecule has 0 aromatic rings. The van der Waals surface area contributed by atoms with Crippen LogP contribution >= 0.6 is 0 Å². The first-order valence-electron chi connectivity index (χ1n) is 3.29. The molecule has 0 aliphatic carbocycles. The van der Waals surface area contributed by atoms with Crippen molar-refractivity contribution in [1.82, 2.24) is 0 Å². The van der Waals surface area contributed by atoms with E-state index in [1.54, 1.807) is 6.34 Å². The van der Waals surface area contributed by atoms with Crippen LogP contribution in [0.1, 0.15) is 20.3 Å². The van der Waals surface area contributed by atoms with Gasteiger partial charge in [0.25, 0.3) is 0 Å². The molecule has 0 aromatic carbocycles. The minimum atomic E-state index is 0.231. The minimum Gasteiger partial charge on any atom is -0.273 e. The molecule has 1 rings (SSSR count). The second-order valence-electron chi connectivity index (χ2n) is 2.74. The van der Waals surface area contributed by atoms with E-state index in [0.717, 1.165) is 13.0 Å². The van der Waals surface area contributed by atoms with Gasteiger partial charge in [-0.25, -0.2) is 4.99 Å². The van der Waals surface area contributed by atoms with Crippen molar-refractivity contribution in [2.24, 2.45) is 15.4 Å². The fourth-order valence-corrected chi connectivity index (χ4v) is 0.754. The van der Waals surface area contributed by atoms with Gasteiger partial charge in [0.2, 0.25) is 0 Å². The maximum atomic E-state index is 4.08. The van der Waals surface area contributed by atoms with Gasteiger partial charge in [-0.3, -0.25) is 4.99 Å². The van der Waals surface area contributed by atoms with Gasteiger partial charge in [0, 0.05) is 11.6 Å². The van der Waals surface area contributed by atoms with Gasteiger partial charge in [0.1, 0.15) is 6.34 Å². The fourth-order valence-electron chi connectivity index (χ4n) is 0.754. The summed E-state index contributed by atoms with van der Waals surface area (Å²) in [7, 11) is 0. The predicted octanol–water partition coefficient (Wildman–Crippen LogP) is 1.52. The van der Waals surface area contributed by atoms with Crippen LogP contribution in [0.25, 0.3) is 0 Å². The molecular weight excluding hydrogens is 112 g/mol. The van der Waals surface area contributed by atoms with Gasteiger partial charge in [-0.15, -0.1) is 0 Å². The lowest BCUT2D eigenvalue weighted by Crippen LogP contribution is -2.23. The summed E-state index contributed by atoms with van der Waals surface area (Å²) in [6.07, 6.45) is 4.73. The summed E-state index contributed by atoms with van der Waals surface area (Å²) in [5.41, 5.74) is 0.231. The summed E-state index contributed by atoms with van der Waals surface area (Å²) >= 11 is 0. The maximum absolute atomic E-state index is 4.08. The Kier molecular flexibility index (Phi) is 1.65. The van der Waals surface area contributed by atoms with Gasteiger partial charge >= 0.3 is 0 Å². The first-order valence-corrected chi connectivity index (χ1v) is 3.29. The lowest BCUT2D eigenvalue weighted by molar-refractivity contribution is 0.472.